The molecule has 0 amide bonds. The third kappa shape index (κ3) is 3.22. The van der Waals surface area contributed by atoms with Crippen molar-refractivity contribution in [2.24, 2.45) is 5.92 Å². The van der Waals surface area contributed by atoms with Gasteiger partial charge < -0.3 is 9.47 Å². The first-order valence-corrected chi connectivity index (χ1v) is 6.05. The third-order valence-electron chi connectivity index (χ3n) is 2.80. The van der Waals surface area contributed by atoms with Crippen LogP contribution in [0, 0.1) is 5.92 Å². The second kappa shape index (κ2) is 5.21. The Bertz CT molecular complexity index is 410. The van der Waals surface area contributed by atoms with Gasteiger partial charge >= 0.3 is 0 Å². The van der Waals surface area contributed by atoms with Crippen molar-refractivity contribution in [2.45, 2.75) is 26.7 Å². The van der Waals surface area contributed by atoms with Crippen molar-refractivity contribution in [3.05, 3.63) is 23.8 Å². The van der Waals surface area contributed by atoms with Crippen LogP contribution in [0.5, 0.6) is 11.5 Å². The summed E-state index contributed by atoms with van der Waals surface area (Å²) in [5.41, 5.74) is 1.23. The number of carbonyl (C=O) groups is 1. The normalized spacial score (nSPS) is 14.9. The van der Waals surface area contributed by atoms with Gasteiger partial charge in [-0.05, 0) is 36.5 Å². The summed E-state index contributed by atoms with van der Waals surface area (Å²) in [7, 11) is 0. The van der Waals surface area contributed by atoms with E-state index in [9.17, 15) is 4.79 Å². The molecule has 92 valence electrons. The molecular formula is C14H18O3. The van der Waals surface area contributed by atoms with Gasteiger partial charge in [-0.2, -0.15) is 0 Å². The van der Waals surface area contributed by atoms with Crippen LogP contribution < -0.4 is 9.47 Å². The van der Waals surface area contributed by atoms with Gasteiger partial charge in [0.25, 0.3) is 0 Å². The molecule has 1 aliphatic heterocycles. The first kappa shape index (κ1) is 12.0. The predicted octanol–water partition coefficient (Wildman–Crippen LogP) is 2.62. The number of aryl methyl sites for hydroxylation is 1. The summed E-state index contributed by atoms with van der Waals surface area (Å²) in [6, 6.07) is 5.92. The largest absolute Gasteiger partial charge is 0.482 e. The fourth-order valence-electron chi connectivity index (χ4n) is 1.75. The molecule has 1 heterocycles. The molecule has 0 bridgehead atoms. The number of ether oxygens (including phenoxy) is 2. The number of Topliss-reactive ketones (excluding diaryl/α,β-unsaturated/α-hetero) is 1. The summed E-state index contributed by atoms with van der Waals surface area (Å²) in [6.45, 7) is 4.64. The molecule has 0 fully saturated rings. The molecule has 0 spiro atoms. The number of benzene rings is 1. The second-order valence-electron chi connectivity index (χ2n) is 4.83. The second-order valence-corrected chi connectivity index (χ2v) is 4.83. The highest BCUT2D eigenvalue weighted by atomic mass is 16.5. The van der Waals surface area contributed by atoms with Crippen LogP contribution in [-0.4, -0.2) is 19.0 Å². The molecule has 0 aliphatic carbocycles. The SMILES string of the molecule is CC(C)CCc1ccc2c(c1)OCC(=O)CO2. The summed E-state index contributed by atoms with van der Waals surface area (Å²) in [5, 5.41) is 0. The Morgan fingerprint density at radius 1 is 1.18 bits per heavy atom. The van der Waals surface area contributed by atoms with Crippen molar-refractivity contribution in [3.8, 4) is 11.5 Å². The lowest BCUT2D eigenvalue weighted by molar-refractivity contribution is -0.122. The van der Waals surface area contributed by atoms with Gasteiger partial charge in [-0.3, -0.25) is 4.79 Å². The fraction of sp³-hybridized carbons (Fsp3) is 0.500. The minimum Gasteiger partial charge on any atom is -0.482 e. The Morgan fingerprint density at radius 2 is 1.88 bits per heavy atom. The molecule has 2 rings (SSSR count). The molecular weight excluding hydrogens is 216 g/mol. The van der Waals surface area contributed by atoms with Crippen LogP contribution in [0.3, 0.4) is 0 Å². The molecule has 17 heavy (non-hydrogen) atoms. The van der Waals surface area contributed by atoms with Gasteiger partial charge in [0.1, 0.15) is 0 Å². The van der Waals surface area contributed by atoms with Crippen LogP contribution in [0.1, 0.15) is 25.8 Å². The Kier molecular flexibility index (Phi) is 3.67. The Morgan fingerprint density at radius 3 is 2.59 bits per heavy atom. The molecule has 0 atom stereocenters. The van der Waals surface area contributed by atoms with Crippen molar-refractivity contribution < 1.29 is 14.3 Å². The fourth-order valence-corrected chi connectivity index (χ4v) is 1.75. The first-order chi connectivity index (χ1) is 8.15. The molecule has 0 unspecified atom stereocenters. The van der Waals surface area contributed by atoms with Crippen LogP contribution in [0.2, 0.25) is 0 Å². The highest BCUT2D eigenvalue weighted by molar-refractivity contribution is 5.82. The van der Waals surface area contributed by atoms with E-state index in [0.29, 0.717) is 17.4 Å². The van der Waals surface area contributed by atoms with Crippen LogP contribution in [-0.2, 0) is 11.2 Å². The van der Waals surface area contributed by atoms with Gasteiger partial charge in [-0.1, -0.05) is 19.9 Å². The van der Waals surface area contributed by atoms with Gasteiger partial charge in [0.2, 0.25) is 5.78 Å². The van der Waals surface area contributed by atoms with Crippen LogP contribution in [0.15, 0.2) is 18.2 Å². The topological polar surface area (TPSA) is 35.5 Å². The van der Waals surface area contributed by atoms with Crippen molar-refractivity contribution >= 4 is 5.78 Å². The van der Waals surface area contributed by atoms with Gasteiger partial charge in [-0.25, -0.2) is 0 Å². The van der Waals surface area contributed by atoms with E-state index >= 15 is 0 Å². The van der Waals surface area contributed by atoms with E-state index in [4.69, 9.17) is 9.47 Å². The molecule has 1 aromatic carbocycles. The molecule has 1 aromatic rings. The van der Waals surface area contributed by atoms with Crippen LogP contribution >= 0.6 is 0 Å². The Balaban J connectivity index is 2.10. The zero-order chi connectivity index (χ0) is 12.3. The third-order valence-corrected chi connectivity index (χ3v) is 2.80. The molecule has 0 aromatic heterocycles. The van der Waals surface area contributed by atoms with Crippen molar-refractivity contribution in [3.63, 3.8) is 0 Å². The zero-order valence-electron chi connectivity index (χ0n) is 10.4. The number of rotatable bonds is 3. The average Bonchev–Trinajstić information content (AvgIpc) is 2.49. The zero-order valence-corrected chi connectivity index (χ0v) is 10.4. The molecule has 1 aliphatic rings. The lowest BCUT2D eigenvalue weighted by Gasteiger charge is -2.09. The van der Waals surface area contributed by atoms with Crippen LogP contribution in [0.25, 0.3) is 0 Å². The maximum Gasteiger partial charge on any atom is 0.207 e. The number of ketones is 1. The smallest absolute Gasteiger partial charge is 0.207 e. The lowest BCUT2D eigenvalue weighted by atomic mass is 10.0. The summed E-state index contributed by atoms with van der Waals surface area (Å²) in [5.74, 6) is 2.03. The molecule has 0 radical (unpaired) electrons. The van der Waals surface area contributed by atoms with E-state index in [-0.39, 0.29) is 19.0 Å². The Labute approximate surface area is 102 Å². The summed E-state index contributed by atoms with van der Waals surface area (Å²) in [6.07, 6.45) is 2.18. The Hall–Kier alpha value is -1.51. The van der Waals surface area contributed by atoms with Crippen LogP contribution in [0.4, 0.5) is 0 Å². The minimum absolute atomic E-state index is 0.0232. The lowest BCUT2D eigenvalue weighted by Crippen LogP contribution is -2.15. The van der Waals surface area contributed by atoms with E-state index in [0.717, 1.165) is 12.8 Å². The quantitative estimate of drug-likeness (QED) is 0.806. The monoisotopic (exact) mass is 234 g/mol. The summed E-state index contributed by atoms with van der Waals surface area (Å²) >= 11 is 0. The number of fused-ring (bicyclic) bond motifs is 1. The van der Waals surface area contributed by atoms with E-state index < -0.39 is 0 Å². The van der Waals surface area contributed by atoms with E-state index in [1.165, 1.54) is 5.56 Å². The van der Waals surface area contributed by atoms with Gasteiger partial charge in [0.05, 0.1) is 0 Å². The van der Waals surface area contributed by atoms with Crippen molar-refractivity contribution in [1.29, 1.82) is 0 Å². The van der Waals surface area contributed by atoms with Crippen molar-refractivity contribution in [1.82, 2.24) is 0 Å². The molecule has 3 nitrogen and oxygen atoms in total. The van der Waals surface area contributed by atoms with E-state index in [1.807, 2.05) is 18.2 Å². The number of carbonyl (C=O) groups excluding carboxylic acids is 1. The van der Waals surface area contributed by atoms with Gasteiger partial charge in [-0.15, -0.1) is 0 Å². The predicted molar refractivity (Wildman–Crippen MR) is 65.6 cm³/mol. The van der Waals surface area contributed by atoms with E-state index in [1.54, 1.807) is 0 Å². The highest BCUT2D eigenvalue weighted by Gasteiger charge is 2.15. The highest BCUT2D eigenvalue weighted by Crippen LogP contribution is 2.30. The number of hydrogen-bond donors (Lipinski definition) is 0. The minimum atomic E-state index is -0.0232. The van der Waals surface area contributed by atoms with Crippen molar-refractivity contribution in [2.75, 3.05) is 13.2 Å². The van der Waals surface area contributed by atoms with E-state index in [2.05, 4.69) is 13.8 Å². The average molecular weight is 234 g/mol. The van der Waals surface area contributed by atoms with Gasteiger partial charge in [0.15, 0.2) is 24.7 Å². The summed E-state index contributed by atoms with van der Waals surface area (Å²) in [4.78, 5) is 11.2. The molecule has 0 saturated carbocycles. The molecule has 0 N–H and O–H groups in total. The maximum atomic E-state index is 11.2. The first-order valence-electron chi connectivity index (χ1n) is 6.05. The standard InChI is InChI=1S/C14H18O3/c1-10(2)3-4-11-5-6-13-14(7-11)17-9-12(15)8-16-13/h5-7,10H,3-4,8-9H2,1-2H3. The molecule has 3 heteroatoms. The maximum absolute atomic E-state index is 11.2. The summed E-state index contributed by atoms with van der Waals surface area (Å²) < 4.78 is 10.8. The van der Waals surface area contributed by atoms with Gasteiger partial charge in [0, 0.05) is 0 Å². The molecule has 0 saturated heterocycles. The number of hydrogen-bond acceptors (Lipinski definition) is 3.